The highest BCUT2D eigenvalue weighted by Gasteiger charge is 2.26. The van der Waals surface area contributed by atoms with Gasteiger partial charge in [0.2, 0.25) is 5.44 Å². The summed E-state index contributed by atoms with van der Waals surface area (Å²) in [4.78, 5) is 16.7. The predicted molar refractivity (Wildman–Crippen MR) is 99.9 cm³/mol. The molecule has 0 fully saturated rings. The second kappa shape index (κ2) is 7.85. The summed E-state index contributed by atoms with van der Waals surface area (Å²) < 4.78 is 6.67. The van der Waals surface area contributed by atoms with Gasteiger partial charge in [-0.1, -0.05) is 5.16 Å². The van der Waals surface area contributed by atoms with E-state index in [9.17, 15) is 4.79 Å². The van der Waals surface area contributed by atoms with Gasteiger partial charge in [-0.2, -0.15) is 0 Å². The fourth-order valence-electron chi connectivity index (χ4n) is 2.04. The molecule has 0 saturated heterocycles. The van der Waals surface area contributed by atoms with E-state index in [1.807, 2.05) is 18.2 Å². The van der Waals surface area contributed by atoms with Gasteiger partial charge in [-0.25, -0.2) is 0 Å². The normalized spacial score (nSPS) is 13.2. The Balaban J connectivity index is 2.16. The van der Waals surface area contributed by atoms with Crippen LogP contribution in [0.3, 0.4) is 0 Å². The quantitative estimate of drug-likeness (QED) is 0.329. The number of thioether (sulfide) groups is 1. The molecule has 1 aromatic carbocycles. The van der Waals surface area contributed by atoms with E-state index in [1.54, 1.807) is 32.4 Å². The van der Waals surface area contributed by atoms with E-state index < -0.39 is 11.0 Å². The van der Waals surface area contributed by atoms with E-state index in [1.165, 1.54) is 18.0 Å². The Bertz CT molecular complexity index is 767. The average Bonchev–Trinajstić information content (AvgIpc) is 2.51. The number of ether oxygens (including phenoxy) is 1. The highest BCUT2D eigenvalue weighted by atomic mass is 79.9. The monoisotopic (exact) mass is 411 g/mol. The molecule has 0 aliphatic rings. The van der Waals surface area contributed by atoms with Crippen molar-refractivity contribution in [2.24, 2.45) is 5.16 Å². The molecule has 0 bridgehead atoms. The van der Waals surface area contributed by atoms with Crippen LogP contribution in [0.15, 0.2) is 40.1 Å². The fourth-order valence-corrected chi connectivity index (χ4v) is 2.87. The van der Waals surface area contributed by atoms with Crippen molar-refractivity contribution in [1.82, 2.24) is 10.3 Å². The van der Waals surface area contributed by atoms with Crippen LogP contribution in [0.1, 0.15) is 13.8 Å². The minimum absolute atomic E-state index is 0.306. The Morgan fingerprint density at radius 2 is 2.25 bits per heavy atom. The second-order valence-corrected chi connectivity index (χ2v) is 7.46. The molecule has 2 rings (SSSR count). The third-order valence-electron chi connectivity index (χ3n) is 3.12. The van der Waals surface area contributed by atoms with E-state index in [2.05, 4.69) is 31.4 Å². The third-order valence-corrected chi connectivity index (χ3v) is 4.29. The number of hydrogen-bond acceptors (Lipinski definition) is 6. The molecule has 1 atom stereocenters. The van der Waals surface area contributed by atoms with Crippen molar-refractivity contribution in [3.05, 3.63) is 34.9 Å². The van der Waals surface area contributed by atoms with Gasteiger partial charge < -0.3 is 15.3 Å². The minimum atomic E-state index is -0.776. The van der Waals surface area contributed by atoms with Crippen LogP contribution in [-0.4, -0.2) is 39.5 Å². The second-order valence-electron chi connectivity index (χ2n) is 5.65. The van der Waals surface area contributed by atoms with E-state index in [4.69, 9.17) is 9.94 Å². The van der Waals surface area contributed by atoms with Gasteiger partial charge in [0.15, 0.2) is 0 Å². The van der Waals surface area contributed by atoms with Crippen LogP contribution in [0.5, 0.6) is 5.75 Å². The SMILES string of the molecule is CSC(Oc1ccc2ncc(Br)cc2c1)C(=O)NC(C)(C)C=NO. The zero-order chi connectivity index (χ0) is 17.7. The summed E-state index contributed by atoms with van der Waals surface area (Å²) in [6.07, 6.45) is 4.77. The maximum atomic E-state index is 12.4. The number of carbonyl (C=O) groups is 1. The Morgan fingerprint density at radius 3 is 2.92 bits per heavy atom. The standard InChI is InChI=1S/C16H18BrN3O3S/c1-16(2,9-19-22)20-14(21)15(24-3)23-12-4-5-13-10(7-12)6-11(17)8-18-13/h4-9,15,22H,1-3H3,(H,20,21). The van der Waals surface area contributed by atoms with Crippen LogP contribution in [0.25, 0.3) is 10.9 Å². The van der Waals surface area contributed by atoms with Gasteiger partial charge in [-0.3, -0.25) is 9.78 Å². The van der Waals surface area contributed by atoms with Crippen molar-refractivity contribution >= 4 is 50.7 Å². The third kappa shape index (κ3) is 4.85. The van der Waals surface area contributed by atoms with Crippen molar-refractivity contribution in [3.8, 4) is 5.75 Å². The lowest BCUT2D eigenvalue weighted by Crippen LogP contribution is -2.49. The summed E-state index contributed by atoms with van der Waals surface area (Å²) in [5.74, 6) is 0.269. The van der Waals surface area contributed by atoms with Gasteiger partial charge in [0.05, 0.1) is 17.3 Å². The number of rotatable bonds is 6. The molecule has 0 spiro atoms. The number of carbonyl (C=O) groups excluding carboxylic acids is 1. The first-order valence-electron chi connectivity index (χ1n) is 7.10. The lowest BCUT2D eigenvalue weighted by Gasteiger charge is -2.24. The van der Waals surface area contributed by atoms with Crippen molar-refractivity contribution < 1.29 is 14.7 Å². The molecular weight excluding hydrogens is 394 g/mol. The highest BCUT2D eigenvalue weighted by Crippen LogP contribution is 2.24. The molecule has 2 N–H and O–H groups in total. The number of nitrogens with one attached hydrogen (secondary N) is 1. The van der Waals surface area contributed by atoms with Crippen molar-refractivity contribution in [2.75, 3.05) is 6.26 Å². The van der Waals surface area contributed by atoms with Gasteiger partial charge >= 0.3 is 0 Å². The first-order valence-corrected chi connectivity index (χ1v) is 9.18. The number of benzene rings is 1. The zero-order valence-corrected chi connectivity index (χ0v) is 15.9. The van der Waals surface area contributed by atoms with Gasteiger partial charge in [0, 0.05) is 16.1 Å². The van der Waals surface area contributed by atoms with Gasteiger partial charge in [-0.05, 0) is 60.3 Å². The Hall–Kier alpha value is -1.80. The molecule has 0 saturated carbocycles. The van der Waals surface area contributed by atoms with Crippen LogP contribution < -0.4 is 10.1 Å². The molecule has 6 nitrogen and oxygen atoms in total. The van der Waals surface area contributed by atoms with Crippen LogP contribution in [0.2, 0.25) is 0 Å². The Kier molecular flexibility index (Phi) is 6.06. The smallest absolute Gasteiger partial charge is 0.272 e. The van der Waals surface area contributed by atoms with Crippen molar-refractivity contribution in [2.45, 2.75) is 24.8 Å². The Morgan fingerprint density at radius 1 is 1.50 bits per heavy atom. The lowest BCUT2D eigenvalue weighted by atomic mass is 10.1. The molecular formula is C16H18BrN3O3S. The molecule has 1 aromatic heterocycles. The molecule has 8 heteroatoms. The van der Waals surface area contributed by atoms with Crippen molar-refractivity contribution in [3.63, 3.8) is 0 Å². The summed E-state index contributed by atoms with van der Waals surface area (Å²) in [5.41, 5.74) is -0.661. The number of halogens is 1. The zero-order valence-electron chi connectivity index (χ0n) is 13.5. The van der Waals surface area contributed by atoms with Crippen LogP contribution >= 0.6 is 27.7 Å². The van der Waals surface area contributed by atoms with E-state index >= 15 is 0 Å². The van der Waals surface area contributed by atoms with E-state index in [-0.39, 0.29) is 5.91 Å². The first kappa shape index (κ1) is 18.5. The maximum absolute atomic E-state index is 12.4. The molecule has 0 aliphatic heterocycles. The van der Waals surface area contributed by atoms with Gasteiger partial charge in [-0.15, -0.1) is 11.8 Å². The molecule has 1 unspecified atom stereocenters. The summed E-state index contributed by atoms with van der Waals surface area (Å²) >= 11 is 4.66. The molecule has 1 amide bonds. The molecule has 24 heavy (non-hydrogen) atoms. The number of hydrogen-bond donors (Lipinski definition) is 2. The molecule has 1 heterocycles. The number of oxime groups is 1. The van der Waals surface area contributed by atoms with Gasteiger partial charge in [0.1, 0.15) is 5.75 Å². The van der Waals surface area contributed by atoms with Crippen LogP contribution in [0.4, 0.5) is 0 Å². The van der Waals surface area contributed by atoms with Crippen LogP contribution in [-0.2, 0) is 4.79 Å². The molecule has 0 aliphatic carbocycles. The van der Waals surface area contributed by atoms with Gasteiger partial charge in [0.25, 0.3) is 5.91 Å². The number of aromatic nitrogens is 1. The van der Waals surface area contributed by atoms with Crippen LogP contribution in [0, 0.1) is 0 Å². The summed E-state index contributed by atoms with van der Waals surface area (Å²) in [5, 5.41) is 15.3. The predicted octanol–water partition coefficient (Wildman–Crippen LogP) is 3.42. The van der Waals surface area contributed by atoms with E-state index in [0.717, 1.165) is 15.4 Å². The maximum Gasteiger partial charge on any atom is 0.272 e. The molecule has 128 valence electrons. The molecule has 0 radical (unpaired) electrons. The average molecular weight is 412 g/mol. The molecule has 2 aromatic rings. The highest BCUT2D eigenvalue weighted by molar-refractivity contribution is 9.10. The number of amides is 1. The lowest BCUT2D eigenvalue weighted by molar-refractivity contribution is -0.125. The number of fused-ring (bicyclic) bond motifs is 1. The Labute approximate surface area is 152 Å². The summed E-state index contributed by atoms with van der Waals surface area (Å²) in [6.45, 7) is 3.45. The van der Waals surface area contributed by atoms with Crippen molar-refractivity contribution in [1.29, 1.82) is 0 Å². The largest absolute Gasteiger partial charge is 0.470 e. The topological polar surface area (TPSA) is 83.8 Å². The number of pyridine rings is 1. The summed E-state index contributed by atoms with van der Waals surface area (Å²) in [6, 6.07) is 7.39. The summed E-state index contributed by atoms with van der Waals surface area (Å²) in [7, 11) is 0. The fraction of sp³-hybridized carbons (Fsp3) is 0.312. The van der Waals surface area contributed by atoms with E-state index in [0.29, 0.717) is 5.75 Å². The first-order chi connectivity index (χ1) is 11.3. The number of nitrogens with zero attached hydrogens (tertiary/aromatic N) is 2. The minimum Gasteiger partial charge on any atom is -0.470 e.